The van der Waals surface area contributed by atoms with Crippen LogP contribution in [0.15, 0.2) is 12.7 Å². The summed E-state index contributed by atoms with van der Waals surface area (Å²) in [5.74, 6) is 1.84. The van der Waals surface area contributed by atoms with Gasteiger partial charge in [-0.15, -0.1) is 6.58 Å². The Morgan fingerprint density at radius 3 is 2.15 bits per heavy atom. The highest BCUT2D eigenvalue weighted by atomic mass is 14.2. The number of rotatable bonds is 8. The Hall–Kier alpha value is -0.260. The van der Waals surface area contributed by atoms with Gasteiger partial charge in [0.25, 0.3) is 0 Å². The molecule has 0 saturated carbocycles. The van der Waals surface area contributed by atoms with Crippen LogP contribution >= 0.6 is 0 Å². The van der Waals surface area contributed by atoms with E-state index in [9.17, 15) is 0 Å². The van der Waals surface area contributed by atoms with Crippen molar-refractivity contribution in [1.82, 2.24) is 0 Å². The standard InChI is InChI=1S/C13H26/c1-5-8-11-13(10-7-3)12(4)9-6-2/h5,12-13H,1,6-11H2,2-4H3. The first kappa shape index (κ1) is 12.7. The predicted octanol–water partition coefficient (Wildman–Crippen LogP) is 4.81. The number of hydrogen-bond donors (Lipinski definition) is 0. The van der Waals surface area contributed by atoms with E-state index in [1.807, 2.05) is 0 Å². The molecule has 0 spiro atoms. The molecule has 0 nitrogen and oxygen atoms in total. The summed E-state index contributed by atoms with van der Waals surface area (Å²) in [7, 11) is 0. The van der Waals surface area contributed by atoms with Crippen LogP contribution in [0.3, 0.4) is 0 Å². The van der Waals surface area contributed by atoms with Crippen molar-refractivity contribution >= 4 is 0 Å². The second kappa shape index (κ2) is 8.34. The highest BCUT2D eigenvalue weighted by molar-refractivity contribution is 4.72. The molecule has 0 aromatic carbocycles. The highest BCUT2D eigenvalue weighted by Gasteiger charge is 2.14. The van der Waals surface area contributed by atoms with Crippen molar-refractivity contribution in [1.29, 1.82) is 0 Å². The molecular formula is C13H26. The minimum Gasteiger partial charge on any atom is -0.103 e. The van der Waals surface area contributed by atoms with Crippen LogP contribution in [0.4, 0.5) is 0 Å². The third-order valence-corrected chi connectivity index (χ3v) is 2.95. The van der Waals surface area contributed by atoms with Crippen LogP contribution in [0.5, 0.6) is 0 Å². The largest absolute Gasteiger partial charge is 0.103 e. The van der Waals surface area contributed by atoms with Crippen molar-refractivity contribution in [2.24, 2.45) is 11.8 Å². The summed E-state index contributed by atoms with van der Waals surface area (Å²) < 4.78 is 0. The highest BCUT2D eigenvalue weighted by Crippen LogP contribution is 2.26. The molecule has 0 heteroatoms. The fourth-order valence-electron chi connectivity index (χ4n) is 2.11. The smallest absolute Gasteiger partial charge is 0.0351 e. The van der Waals surface area contributed by atoms with E-state index in [4.69, 9.17) is 0 Å². The van der Waals surface area contributed by atoms with Crippen molar-refractivity contribution in [2.45, 2.75) is 59.3 Å². The average Bonchev–Trinajstić information content (AvgIpc) is 2.12. The van der Waals surface area contributed by atoms with Crippen molar-refractivity contribution in [3.63, 3.8) is 0 Å². The zero-order valence-corrected chi connectivity index (χ0v) is 9.68. The lowest BCUT2D eigenvalue weighted by molar-refractivity contribution is 0.296. The predicted molar refractivity (Wildman–Crippen MR) is 61.9 cm³/mol. The van der Waals surface area contributed by atoms with E-state index in [-0.39, 0.29) is 0 Å². The van der Waals surface area contributed by atoms with Crippen LogP contribution in [-0.2, 0) is 0 Å². The van der Waals surface area contributed by atoms with Gasteiger partial charge >= 0.3 is 0 Å². The Morgan fingerprint density at radius 2 is 1.69 bits per heavy atom. The number of hydrogen-bond acceptors (Lipinski definition) is 0. The minimum atomic E-state index is 0.907. The molecule has 2 atom stereocenters. The average molecular weight is 182 g/mol. The van der Waals surface area contributed by atoms with Crippen LogP contribution in [-0.4, -0.2) is 0 Å². The van der Waals surface area contributed by atoms with Crippen molar-refractivity contribution in [3.8, 4) is 0 Å². The summed E-state index contributed by atoms with van der Waals surface area (Å²) in [6, 6.07) is 0. The van der Waals surface area contributed by atoms with Gasteiger partial charge in [-0.25, -0.2) is 0 Å². The van der Waals surface area contributed by atoms with Gasteiger partial charge in [0.2, 0.25) is 0 Å². The van der Waals surface area contributed by atoms with Crippen LogP contribution in [0.2, 0.25) is 0 Å². The van der Waals surface area contributed by atoms with E-state index in [0.717, 1.165) is 11.8 Å². The molecule has 0 aromatic heterocycles. The van der Waals surface area contributed by atoms with Gasteiger partial charge in [-0.1, -0.05) is 52.5 Å². The molecule has 0 amide bonds. The summed E-state index contributed by atoms with van der Waals surface area (Å²) in [6.07, 6.45) is 10.0. The van der Waals surface area contributed by atoms with Gasteiger partial charge in [0.15, 0.2) is 0 Å². The summed E-state index contributed by atoms with van der Waals surface area (Å²) in [4.78, 5) is 0. The van der Waals surface area contributed by atoms with Gasteiger partial charge < -0.3 is 0 Å². The third kappa shape index (κ3) is 5.90. The molecule has 0 heterocycles. The fraction of sp³-hybridized carbons (Fsp3) is 0.846. The lowest BCUT2D eigenvalue weighted by Crippen LogP contribution is -2.11. The summed E-state index contributed by atoms with van der Waals surface area (Å²) in [5, 5.41) is 0. The molecule has 2 unspecified atom stereocenters. The summed E-state index contributed by atoms with van der Waals surface area (Å²) in [6.45, 7) is 10.8. The Kier molecular flexibility index (Phi) is 8.18. The van der Waals surface area contributed by atoms with Crippen LogP contribution in [0, 0.1) is 11.8 Å². The molecule has 78 valence electrons. The SMILES string of the molecule is C=CCCC(CCC)C(C)CCC. The molecule has 0 aliphatic carbocycles. The van der Waals surface area contributed by atoms with Crippen molar-refractivity contribution in [3.05, 3.63) is 12.7 Å². The van der Waals surface area contributed by atoms with E-state index in [2.05, 4.69) is 33.4 Å². The van der Waals surface area contributed by atoms with Gasteiger partial charge in [-0.2, -0.15) is 0 Å². The van der Waals surface area contributed by atoms with Crippen molar-refractivity contribution in [2.75, 3.05) is 0 Å². The maximum absolute atomic E-state index is 3.80. The first-order valence-corrected chi connectivity index (χ1v) is 5.87. The Morgan fingerprint density at radius 1 is 1.08 bits per heavy atom. The Balaban J connectivity index is 3.82. The molecule has 0 aromatic rings. The molecule has 0 radical (unpaired) electrons. The molecule has 0 rings (SSSR count). The molecular weight excluding hydrogens is 156 g/mol. The fourth-order valence-corrected chi connectivity index (χ4v) is 2.11. The molecule has 0 saturated heterocycles. The topological polar surface area (TPSA) is 0 Å². The molecule has 0 bridgehead atoms. The zero-order chi connectivity index (χ0) is 10.1. The zero-order valence-electron chi connectivity index (χ0n) is 9.68. The Bertz CT molecular complexity index is 115. The monoisotopic (exact) mass is 182 g/mol. The van der Waals surface area contributed by atoms with E-state index >= 15 is 0 Å². The second-order valence-corrected chi connectivity index (χ2v) is 4.18. The quantitative estimate of drug-likeness (QED) is 0.473. The first-order valence-electron chi connectivity index (χ1n) is 5.87. The van der Waals surface area contributed by atoms with Crippen molar-refractivity contribution < 1.29 is 0 Å². The molecule has 0 fully saturated rings. The Labute approximate surface area is 84.4 Å². The van der Waals surface area contributed by atoms with Gasteiger partial charge in [-0.3, -0.25) is 0 Å². The van der Waals surface area contributed by atoms with Crippen LogP contribution in [0.25, 0.3) is 0 Å². The van der Waals surface area contributed by atoms with E-state index < -0.39 is 0 Å². The third-order valence-electron chi connectivity index (χ3n) is 2.95. The lowest BCUT2D eigenvalue weighted by atomic mass is 9.83. The summed E-state index contributed by atoms with van der Waals surface area (Å²) in [5.41, 5.74) is 0. The second-order valence-electron chi connectivity index (χ2n) is 4.18. The molecule has 0 N–H and O–H groups in total. The van der Waals surface area contributed by atoms with Crippen LogP contribution in [0.1, 0.15) is 59.3 Å². The normalized spacial score (nSPS) is 15.3. The molecule has 0 aliphatic heterocycles. The maximum Gasteiger partial charge on any atom is -0.0351 e. The van der Waals surface area contributed by atoms with Crippen LogP contribution < -0.4 is 0 Å². The van der Waals surface area contributed by atoms with E-state index in [1.165, 1.54) is 38.5 Å². The summed E-state index contributed by atoms with van der Waals surface area (Å²) >= 11 is 0. The number of allylic oxidation sites excluding steroid dienone is 1. The van der Waals surface area contributed by atoms with Gasteiger partial charge in [0.05, 0.1) is 0 Å². The maximum atomic E-state index is 3.80. The molecule has 13 heavy (non-hydrogen) atoms. The molecule has 0 aliphatic rings. The first-order chi connectivity index (χ1) is 6.26. The van der Waals surface area contributed by atoms with Gasteiger partial charge in [0.1, 0.15) is 0 Å². The van der Waals surface area contributed by atoms with E-state index in [1.54, 1.807) is 0 Å². The van der Waals surface area contributed by atoms with E-state index in [0.29, 0.717) is 0 Å². The van der Waals surface area contributed by atoms with Gasteiger partial charge in [-0.05, 0) is 24.7 Å². The van der Waals surface area contributed by atoms with Gasteiger partial charge in [0, 0.05) is 0 Å². The lowest BCUT2D eigenvalue weighted by Gasteiger charge is -2.22. The minimum absolute atomic E-state index is 0.907.